The number of methoxy groups -OCH3 is 1. The lowest BCUT2D eigenvalue weighted by atomic mass is 9.84. The first-order valence-electron chi connectivity index (χ1n) is 26.5. The third kappa shape index (κ3) is 10.3. The predicted octanol–water partition coefficient (Wildman–Crippen LogP) is 6.71. The van der Waals surface area contributed by atoms with Crippen LogP contribution in [0.3, 0.4) is 0 Å². The van der Waals surface area contributed by atoms with Crippen LogP contribution in [0.1, 0.15) is 110 Å². The van der Waals surface area contributed by atoms with Crippen molar-refractivity contribution in [2.24, 2.45) is 16.7 Å². The number of benzene rings is 2. The summed E-state index contributed by atoms with van der Waals surface area (Å²) >= 11 is 0. The molecule has 388 valence electrons. The first-order chi connectivity index (χ1) is 34.8. The maximum Gasteiger partial charge on any atom is 0.324 e. The summed E-state index contributed by atoms with van der Waals surface area (Å²) in [5, 5.41) is 5.68. The number of carbonyl (C=O) groups is 5. The second-order valence-corrected chi connectivity index (χ2v) is 22.7. The molecule has 0 unspecified atom stereocenters. The van der Waals surface area contributed by atoms with Gasteiger partial charge in [0.2, 0.25) is 11.8 Å². The quantitative estimate of drug-likeness (QED) is 0.137. The number of carbonyl (C=O) groups excluding carboxylic acids is 5. The van der Waals surface area contributed by atoms with Gasteiger partial charge in [-0.2, -0.15) is 0 Å². The van der Waals surface area contributed by atoms with E-state index in [1.54, 1.807) is 23.1 Å². The molecular weight excluding hydrogens is 921 g/mol. The van der Waals surface area contributed by atoms with Crippen molar-refractivity contribution in [1.82, 2.24) is 40.0 Å². The molecule has 0 radical (unpaired) electrons. The standard InChI is InChI=1S/C58H74N8O7/c1-10-64-47-20-19-41-33-43(47)44(51(64)42-17-12-25-59-49(42)38(4)72-9)34-56(5,6)36-73-54(70)45-18-13-28-66(61-45)53(69)46(32-39-15-11-16-40(41)31-39)60-52(68)50(37(2)3)65-30-24-58(55(65)71)23-29-62(35-58)48(67)21-22-57(7,8)63-26-14-27-63/h11-12,15-17,19-20,25,31,33,37-38,45-46,50,61H,10,13-14,18,23-24,26-30,32,34-36H2,1-9H3,(H,60,68)/t38-,45-,46-,50-,58-/m0/s1. The van der Waals surface area contributed by atoms with Crippen LogP contribution in [0.25, 0.3) is 33.3 Å². The molecule has 73 heavy (non-hydrogen) atoms. The number of pyridine rings is 1. The number of likely N-dealkylation sites (tertiary alicyclic amines) is 3. The van der Waals surface area contributed by atoms with Gasteiger partial charge in [0.15, 0.2) is 0 Å². The lowest BCUT2D eigenvalue weighted by molar-refractivity contribution is -0.155. The number of aromatic nitrogens is 2. The Morgan fingerprint density at radius 1 is 0.973 bits per heavy atom. The SMILES string of the molecule is CCn1c(-c2cccnc2[C@H](C)OC)c2c3cc(ccc31)-c1cccc(c1)C[C@H](NC(=O)[C@H](C(C)C)N1CC[C@]3(CCN(C(=O)C#CC(C)(C)N4CCC4)C3)C1=O)C(=O)N1CCC[C@H](N1)C(=O)OCC(C)(C)C2. The number of aryl methyl sites for hydroxylation is 1. The number of hydrazine groups is 1. The molecular formula is C58H74N8O7. The molecule has 6 bridgehead atoms. The number of fused-ring (bicyclic) bond motifs is 6. The fraction of sp³-hybridized carbons (Fsp3) is 0.552. The van der Waals surface area contributed by atoms with Crippen LogP contribution in [0.5, 0.6) is 0 Å². The van der Waals surface area contributed by atoms with E-state index in [-0.39, 0.29) is 49.3 Å². The molecule has 4 aromatic rings. The van der Waals surface area contributed by atoms with Gasteiger partial charge >= 0.3 is 5.97 Å². The molecule has 2 N–H and O–H groups in total. The first kappa shape index (κ1) is 51.8. The largest absolute Gasteiger partial charge is 0.464 e. The second-order valence-electron chi connectivity index (χ2n) is 22.7. The zero-order valence-electron chi connectivity index (χ0n) is 44.3. The Bertz CT molecular complexity index is 2860. The Labute approximate surface area is 430 Å². The minimum absolute atomic E-state index is 0.137. The van der Waals surface area contributed by atoms with Crippen LogP contribution >= 0.6 is 0 Å². The summed E-state index contributed by atoms with van der Waals surface area (Å²) in [6.07, 6.45) is 5.44. The minimum atomic E-state index is -1.05. The number of cyclic esters (lactones) is 1. The summed E-state index contributed by atoms with van der Waals surface area (Å²) in [4.78, 5) is 82.3. The van der Waals surface area contributed by atoms with E-state index in [0.717, 1.165) is 69.6 Å². The van der Waals surface area contributed by atoms with E-state index >= 15 is 0 Å². The van der Waals surface area contributed by atoms with E-state index < -0.39 is 46.4 Å². The van der Waals surface area contributed by atoms with Crippen molar-refractivity contribution in [1.29, 1.82) is 0 Å². The first-order valence-corrected chi connectivity index (χ1v) is 26.5. The normalized spacial score (nSPS) is 23.5. The van der Waals surface area contributed by atoms with Gasteiger partial charge in [0, 0.05) is 87.4 Å². The number of rotatable bonds is 9. The molecule has 2 aromatic heterocycles. The van der Waals surface area contributed by atoms with Crippen molar-refractivity contribution >= 4 is 40.5 Å². The van der Waals surface area contributed by atoms with Gasteiger partial charge in [0.1, 0.15) is 18.1 Å². The van der Waals surface area contributed by atoms with E-state index in [4.69, 9.17) is 14.5 Å². The van der Waals surface area contributed by atoms with Crippen molar-refractivity contribution in [3.63, 3.8) is 0 Å². The monoisotopic (exact) mass is 995 g/mol. The van der Waals surface area contributed by atoms with Gasteiger partial charge in [-0.3, -0.25) is 38.9 Å². The second kappa shape index (κ2) is 20.7. The molecule has 4 amide bonds. The van der Waals surface area contributed by atoms with E-state index in [1.165, 1.54) is 5.01 Å². The third-order valence-electron chi connectivity index (χ3n) is 16.2. The van der Waals surface area contributed by atoms with Crippen LogP contribution in [0.15, 0.2) is 60.8 Å². The number of hydrogen-bond acceptors (Lipinski definition) is 10. The number of hydrogen-bond donors (Lipinski definition) is 2. The summed E-state index contributed by atoms with van der Waals surface area (Å²) in [7, 11) is 1.69. The van der Waals surface area contributed by atoms with Gasteiger partial charge in [-0.15, -0.1) is 0 Å². The topological polar surface area (TPSA) is 159 Å². The van der Waals surface area contributed by atoms with Gasteiger partial charge < -0.3 is 29.2 Å². The van der Waals surface area contributed by atoms with Crippen molar-refractivity contribution in [3.8, 4) is 34.2 Å². The number of ether oxygens (including phenoxy) is 2. The lowest BCUT2D eigenvalue weighted by Crippen LogP contribution is -2.62. The summed E-state index contributed by atoms with van der Waals surface area (Å²) in [5.41, 5.74) is 9.32. The molecule has 5 aliphatic rings. The van der Waals surface area contributed by atoms with Crippen LogP contribution < -0.4 is 10.7 Å². The molecule has 2 aromatic carbocycles. The predicted molar refractivity (Wildman–Crippen MR) is 280 cm³/mol. The number of nitrogens with zero attached hydrogens (tertiary/aromatic N) is 6. The fourth-order valence-electron chi connectivity index (χ4n) is 11.8. The number of amides is 4. The van der Waals surface area contributed by atoms with E-state index in [2.05, 4.69) is 89.2 Å². The zero-order chi connectivity index (χ0) is 52.0. The summed E-state index contributed by atoms with van der Waals surface area (Å²) < 4.78 is 14.3. The van der Waals surface area contributed by atoms with Crippen molar-refractivity contribution in [2.45, 2.75) is 137 Å². The summed E-state index contributed by atoms with van der Waals surface area (Å²) in [6.45, 7) is 20.4. The molecule has 4 fully saturated rings. The van der Waals surface area contributed by atoms with Crippen LogP contribution in [-0.4, -0.2) is 136 Å². The van der Waals surface area contributed by atoms with E-state index in [1.807, 2.05) is 52.8 Å². The molecule has 5 aliphatic heterocycles. The van der Waals surface area contributed by atoms with E-state index in [0.29, 0.717) is 58.3 Å². The van der Waals surface area contributed by atoms with Crippen LogP contribution in [0.2, 0.25) is 0 Å². The van der Waals surface area contributed by atoms with Crippen LogP contribution in [0.4, 0.5) is 0 Å². The minimum Gasteiger partial charge on any atom is -0.464 e. The Balaban J connectivity index is 1.03. The van der Waals surface area contributed by atoms with Crippen LogP contribution in [0, 0.1) is 28.6 Å². The Morgan fingerprint density at radius 3 is 2.47 bits per heavy atom. The average molecular weight is 995 g/mol. The van der Waals surface area contributed by atoms with Gasteiger partial charge in [-0.1, -0.05) is 63.9 Å². The Morgan fingerprint density at radius 2 is 1.74 bits per heavy atom. The smallest absolute Gasteiger partial charge is 0.324 e. The Kier molecular flexibility index (Phi) is 14.7. The molecule has 0 aliphatic carbocycles. The third-order valence-corrected chi connectivity index (χ3v) is 16.2. The van der Waals surface area contributed by atoms with Crippen molar-refractivity contribution in [3.05, 3.63) is 77.6 Å². The summed E-state index contributed by atoms with van der Waals surface area (Å²) in [5.74, 6) is 4.07. The highest BCUT2D eigenvalue weighted by atomic mass is 16.5. The highest BCUT2D eigenvalue weighted by Crippen LogP contribution is 2.44. The van der Waals surface area contributed by atoms with Gasteiger partial charge in [-0.25, -0.2) is 5.43 Å². The van der Waals surface area contributed by atoms with Gasteiger partial charge in [0.05, 0.1) is 35.1 Å². The number of nitrogens with one attached hydrogen (secondary N) is 2. The van der Waals surface area contributed by atoms with Gasteiger partial charge in [0.25, 0.3) is 11.8 Å². The van der Waals surface area contributed by atoms with Crippen molar-refractivity contribution < 1.29 is 33.4 Å². The van der Waals surface area contributed by atoms with Gasteiger partial charge in [-0.05, 0) is 125 Å². The molecule has 9 rings (SSSR count). The van der Waals surface area contributed by atoms with Crippen LogP contribution in [-0.2, 0) is 52.8 Å². The molecule has 5 atom stereocenters. The fourth-order valence-corrected chi connectivity index (χ4v) is 11.8. The molecule has 4 saturated heterocycles. The maximum atomic E-state index is 14.9. The Hall–Kier alpha value is -6.08. The highest BCUT2D eigenvalue weighted by Gasteiger charge is 2.54. The zero-order valence-corrected chi connectivity index (χ0v) is 44.3. The lowest BCUT2D eigenvalue weighted by Gasteiger charge is -2.41. The maximum absolute atomic E-state index is 14.9. The molecule has 7 heterocycles. The molecule has 1 spiro atoms. The molecule has 15 heteroatoms. The number of esters is 1. The van der Waals surface area contributed by atoms with Crippen molar-refractivity contribution in [2.75, 3.05) is 53.0 Å². The average Bonchev–Trinajstić information content (AvgIpc) is 4.03. The van der Waals surface area contributed by atoms with E-state index in [9.17, 15) is 24.0 Å². The summed E-state index contributed by atoms with van der Waals surface area (Å²) in [6, 6.07) is 16.0. The molecule has 0 saturated carbocycles. The highest BCUT2D eigenvalue weighted by molar-refractivity contribution is 5.98. The molecule has 15 nitrogen and oxygen atoms in total.